The summed E-state index contributed by atoms with van der Waals surface area (Å²) in [5.74, 6) is -3.30. The van der Waals surface area contributed by atoms with E-state index in [-0.39, 0.29) is 22.9 Å². The Bertz CT molecular complexity index is 1430. The van der Waals surface area contributed by atoms with E-state index in [2.05, 4.69) is 0 Å². The Labute approximate surface area is 200 Å². The number of rotatable bonds is 4. The third kappa shape index (κ3) is 2.43. The number of nitro benzene ring substituents is 1. The fourth-order valence-corrected chi connectivity index (χ4v) is 6.57. The fourth-order valence-electron chi connectivity index (χ4n) is 6.57. The lowest BCUT2D eigenvalue weighted by atomic mass is 9.46. The molecule has 35 heavy (non-hydrogen) atoms. The molecule has 0 radical (unpaired) electrons. The molecular weight excluding hydrogens is 448 g/mol. The average Bonchev–Trinajstić information content (AvgIpc) is 3.13. The van der Waals surface area contributed by atoms with Gasteiger partial charge >= 0.3 is 0 Å². The highest BCUT2D eigenvalue weighted by molar-refractivity contribution is 6.26. The first-order valence-corrected chi connectivity index (χ1v) is 11.2. The molecule has 2 atom stereocenters. The number of benzene rings is 3. The Morgan fingerprint density at radius 1 is 0.971 bits per heavy atom. The minimum absolute atomic E-state index is 0.0114. The lowest BCUT2D eigenvalue weighted by molar-refractivity contribution is -0.384. The van der Waals surface area contributed by atoms with Crippen molar-refractivity contribution < 1.29 is 24.0 Å². The van der Waals surface area contributed by atoms with Crippen molar-refractivity contribution in [2.45, 2.75) is 18.3 Å². The second-order valence-corrected chi connectivity index (χ2v) is 9.14. The normalized spacial score (nSPS) is 25.7. The zero-order valence-corrected chi connectivity index (χ0v) is 18.9. The summed E-state index contributed by atoms with van der Waals surface area (Å²) in [4.78, 5) is 53.7. The van der Waals surface area contributed by atoms with E-state index < -0.39 is 39.9 Å². The SMILES string of the molecule is COc1ccc([N+](=O)[O-])cc1N1C(=O)[C@@H]2C3c4ccccc4C(C(C)=O)(c4ccccc43)[C@H]2C1=O. The van der Waals surface area contributed by atoms with Gasteiger partial charge in [-0.05, 0) is 35.2 Å². The van der Waals surface area contributed by atoms with Crippen LogP contribution < -0.4 is 9.64 Å². The molecule has 0 N–H and O–H groups in total. The highest BCUT2D eigenvalue weighted by Gasteiger charge is 2.70. The summed E-state index contributed by atoms with van der Waals surface area (Å²) in [5.41, 5.74) is 1.61. The molecule has 4 aliphatic rings. The fraction of sp³-hybridized carbons (Fsp3) is 0.222. The summed E-state index contributed by atoms with van der Waals surface area (Å²) in [6.07, 6.45) is 0. The van der Waals surface area contributed by atoms with Gasteiger partial charge in [0.1, 0.15) is 17.2 Å². The number of hydrogen-bond acceptors (Lipinski definition) is 6. The molecule has 0 unspecified atom stereocenters. The van der Waals surface area contributed by atoms with E-state index >= 15 is 0 Å². The number of nitrogens with zero attached hydrogens (tertiary/aromatic N) is 2. The molecule has 7 rings (SSSR count). The van der Waals surface area contributed by atoms with E-state index in [1.807, 2.05) is 48.5 Å². The zero-order chi connectivity index (χ0) is 24.6. The third-order valence-electron chi connectivity index (χ3n) is 7.79. The van der Waals surface area contributed by atoms with E-state index in [1.165, 1.54) is 32.2 Å². The van der Waals surface area contributed by atoms with Crippen LogP contribution in [-0.2, 0) is 19.8 Å². The second kappa shape index (κ2) is 7.09. The standard InChI is InChI=1S/C27H20N2O6/c1-14(30)27-18-9-5-3-7-16(18)22(17-8-4-6-10-19(17)27)23-24(27)26(32)28(25(23)31)20-13-15(29(33)34)11-12-21(20)35-2/h3-13,22-24H,1-2H3/t22?,23-,24-,27?/m1/s1. The van der Waals surface area contributed by atoms with Crippen molar-refractivity contribution in [3.8, 4) is 5.75 Å². The topological polar surface area (TPSA) is 107 Å². The van der Waals surface area contributed by atoms with Gasteiger partial charge < -0.3 is 4.74 Å². The smallest absolute Gasteiger partial charge is 0.271 e. The molecule has 8 nitrogen and oxygen atoms in total. The number of anilines is 1. The van der Waals surface area contributed by atoms with Crippen molar-refractivity contribution in [3.05, 3.63) is 99.1 Å². The number of Topliss-reactive ketones (excluding diaryl/α,β-unsaturated/α-hetero) is 1. The number of methoxy groups -OCH3 is 1. The number of carbonyl (C=O) groups excluding carboxylic acids is 3. The Morgan fingerprint density at radius 2 is 1.57 bits per heavy atom. The van der Waals surface area contributed by atoms with Gasteiger partial charge in [0.25, 0.3) is 5.69 Å². The minimum atomic E-state index is -1.33. The number of hydrogen-bond donors (Lipinski definition) is 0. The lowest BCUT2D eigenvalue weighted by Gasteiger charge is -2.52. The monoisotopic (exact) mass is 468 g/mol. The van der Waals surface area contributed by atoms with Gasteiger partial charge in [0.15, 0.2) is 0 Å². The van der Waals surface area contributed by atoms with Gasteiger partial charge in [0.2, 0.25) is 11.8 Å². The van der Waals surface area contributed by atoms with Gasteiger partial charge in [-0.3, -0.25) is 24.5 Å². The van der Waals surface area contributed by atoms with E-state index in [9.17, 15) is 24.5 Å². The second-order valence-electron chi connectivity index (χ2n) is 9.14. The molecule has 3 aromatic rings. The van der Waals surface area contributed by atoms with Crippen molar-refractivity contribution >= 4 is 29.0 Å². The lowest BCUT2D eigenvalue weighted by Crippen LogP contribution is -2.57. The first-order valence-electron chi connectivity index (χ1n) is 11.2. The molecular formula is C27H20N2O6. The van der Waals surface area contributed by atoms with E-state index in [1.54, 1.807) is 0 Å². The third-order valence-corrected chi connectivity index (χ3v) is 7.79. The molecule has 3 aromatic carbocycles. The minimum Gasteiger partial charge on any atom is -0.495 e. The Kier molecular flexibility index (Phi) is 4.30. The molecule has 1 fully saturated rings. The highest BCUT2D eigenvalue weighted by atomic mass is 16.6. The van der Waals surface area contributed by atoms with Crippen LogP contribution in [0.3, 0.4) is 0 Å². The maximum absolute atomic E-state index is 14.1. The molecule has 3 aliphatic carbocycles. The summed E-state index contributed by atoms with van der Waals surface area (Å²) in [6.45, 7) is 1.46. The molecule has 2 amide bonds. The Morgan fingerprint density at radius 3 is 2.11 bits per heavy atom. The summed E-state index contributed by atoms with van der Waals surface area (Å²) < 4.78 is 5.37. The van der Waals surface area contributed by atoms with Crippen molar-refractivity contribution in [1.82, 2.24) is 0 Å². The van der Waals surface area contributed by atoms with Crippen LogP contribution >= 0.6 is 0 Å². The number of amides is 2. The molecule has 0 aromatic heterocycles. The number of nitro groups is 1. The molecule has 2 bridgehead atoms. The molecule has 1 saturated heterocycles. The van der Waals surface area contributed by atoms with Crippen molar-refractivity contribution in [2.75, 3.05) is 12.0 Å². The number of carbonyl (C=O) groups is 3. The van der Waals surface area contributed by atoms with Crippen LogP contribution in [0, 0.1) is 22.0 Å². The van der Waals surface area contributed by atoms with Gasteiger partial charge in [-0.15, -0.1) is 0 Å². The van der Waals surface area contributed by atoms with Gasteiger partial charge in [0, 0.05) is 18.1 Å². The molecule has 1 heterocycles. The number of non-ortho nitro benzene ring substituents is 1. The van der Waals surface area contributed by atoms with Gasteiger partial charge in [-0.25, -0.2) is 4.90 Å². The molecule has 8 heteroatoms. The van der Waals surface area contributed by atoms with Crippen LogP contribution in [-0.4, -0.2) is 29.6 Å². The van der Waals surface area contributed by atoms with E-state index in [0.29, 0.717) is 0 Å². The van der Waals surface area contributed by atoms with Gasteiger partial charge in [-0.1, -0.05) is 48.5 Å². The van der Waals surface area contributed by atoms with E-state index in [0.717, 1.165) is 27.2 Å². The van der Waals surface area contributed by atoms with Crippen molar-refractivity contribution in [2.24, 2.45) is 11.8 Å². The summed E-state index contributed by atoms with van der Waals surface area (Å²) in [7, 11) is 1.37. The Hall–Kier alpha value is -4.33. The van der Waals surface area contributed by atoms with Gasteiger partial charge in [-0.2, -0.15) is 0 Å². The maximum atomic E-state index is 14.1. The average molecular weight is 468 g/mol. The van der Waals surface area contributed by atoms with E-state index in [4.69, 9.17) is 4.74 Å². The molecule has 0 saturated carbocycles. The first kappa shape index (κ1) is 21.2. The van der Waals surface area contributed by atoms with Crippen LogP contribution in [0.25, 0.3) is 0 Å². The predicted molar refractivity (Wildman–Crippen MR) is 125 cm³/mol. The molecule has 0 spiro atoms. The molecule has 174 valence electrons. The number of imide groups is 1. The number of ether oxygens (including phenoxy) is 1. The zero-order valence-electron chi connectivity index (χ0n) is 18.9. The highest BCUT2D eigenvalue weighted by Crippen LogP contribution is 2.64. The van der Waals surface area contributed by atoms with Crippen LogP contribution in [0.5, 0.6) is 5.75 Å². The summed E-state index contributed by atoms with van der Waals surface area (Å²) in [6, 6.07) is 18.8. The largest absolute Gasteiger partial charge is 0.495 e. The van der Waals surface area contributed by atoms with Crippen molar-refractivity contribution in [1.29, 1.82) is 0 Å². The van der Waals surface area contributed by atoms with Crippen LogP contribution in [0.1, 0.15) is 35.1 Å². The first-order chi connectivity index (χ1) is 16.8. The summed E-state index contributed by atoms with van der Waals surface area (Å²) in [5, 5.41) is 11.5. The quantitative estimate of drug-likeness (QED) is 0.328. The van der Waals surface area contributed by atoms with Crippen LogP contribution in [0.4, 0.5) is 11.4 Å². The maximum Gasteiger partial charge on any atom is 0.271 e. The van der Waals surface area contributed by atoms with Crippen molar-refractivity contribution in [3.63, 3.8) is 0 Å². The van der Waals surface area contributed by atoms with Crippen LogP contribution in [0.15, 0.2) is 66.7 Å². The summed E-state index contributed by atoms with van der Waals surface area (Å²) >= 11 is 0. The predicted octanol–water partition coefficient (Wildman–Crippen LogP) is 3.74. The van der Waals surface area contributed by atoms with Gasteiger partial charge in [0.05, 0.1) is 29.3 Å². The number of ketones is 1. The molecule has 1 aliphatic heterocycles. The Balaban J connectivity index is 1.65. The van der Waals surface area contributed by atoms with Crippen LogP contribution in [0.2, 0.25) is 0 Å².